The Balaban J connectivity index is 2.06. The van der Waals surface area contributed by atoms with Crippen LogP contribution in [0.4, 0.5) is 0 Å². The molecule has 0 bridgehead atoms. The molecule has 1 heteroatoms. The normalized spacial score (nSPS) is 44.3. The van der Waals surface area contributed by atoms with E-state index in [2.05, 4.69) is 20.8 Å². The molecule has 0 N–H and O–H groups in total. The topological polar surface area (TPSA) is 17.1 Å². The zero-order chi connectivity index (χ0) is 10.5. The number of carbonyl (C=O) groups excluding carboxylic acids is 1. The Bertz CT molecular complexity index is 254. The first-order chi connectivity index (χ1) is 6.48. The third-order valence-corrected chi connectivity index (χ3v) is 4.87. The molecule has 0 aliphatic heterocycles. The molecule has 2 rings (SSSR count). The smallest absolute Gasteiger partial charge is 0.135 e. The van der Waals surface area contributed by atoms with Crippen molar-refractivity contribution >= 4 is 5.78 Å². The predicted molar refractivity (Wildman–Crippen MR) is 57.9 cm³/mol. The van der Waals surface area contributed by atoms with Crippen LogP contribution >= 0.6 is 0 Å². The SMILES string of the molecule is CCC(=O)C1CC2C(CC1C)C2(C)C. The number of rotatable bonds is 2. The second-order valence-electron chi connectivity index (χ2n) is 5.91. The van der Waals surface area contributed by atoms with E-state index in [0.717, 1.165) is 18.3 Å². The maximum absolute atomic E-state index is 11.8. The highest BCUT2D eigenvalue weighted by Gasteiger charge is 2.61. The first-order valence-electron chi connectivity index (χ1n) is 6.01. The summed E-state index contributed by atoms with van der Waals surface area (Å²) in [5.74, 6) is 3.27. The van der Waals surface area contributed by atoms with E-state index in [9.17, 15) is 4.79 Å². The first-order valence-corrected chi connectivity index (χ1v) is 6.01. The van der Waals surface area contributed by atoms with E-state index in [1.165, 1.54) is 12.8 Å². The summed E-state index contributed by atoms with van der Waals surface area (Å²) in [6.07, 6.45) is 3.19. The van der Waals surface area contributed by atoms with Gasteiger partial charge in [0.1, 0.15) is 5.78 Å². The molecule has 0 spiro atoms. The average molecular weight is 194 g/mol. The molecular formula is C13H22O. The largest absolute Gasteiger partial charge is 0.299 e. The molecule has 4 unspecified atom stereocenters. The average Bonchev–Trinajstić information content (AvgIpc) is 2.66. The summed E-state index contributed by atoms with van der Waals surface area (Å²) in [6, 6.07) is 0. The molecule has 1 nitrogen and oxygen atoms in total. The van der Waals surface area contributed by atoms with E-state index in [-0.39, 0.29) is 0 Å². The van der Waals surface area contributed by atoms with Crippen LogP contribution in [0.2, 0.25) is 0 Å². The van der Waals surface area contributed by atoms with Crippen molar-refractivity contribution in [2.24, 2.45) is 29.1 Å². The van der Waals surface area contributed by atoms with Crippen LogP contribution < -0.4 is 0 Å². The standard InChI is InChI=1S/C13H22O/c1-5-12(14)9-7-11-10(6-8(9)2)13(11,3)4/h8-11H,5-7H2,1-4H3. The fraction of sp³-hybridized carbons (Fsp3) is 0.923. The Morgan fingerprint density at radius 3 is 2.43 bits per heavy atom. The summed E-state index contributed by atoms with van der Waals surface area (Å²) in [6.45, 7) is 9.00. The highest BCUT2D eigenvalue weighted by atomic mass is 16.1. The molecule has 14 heavy (non-hydrogen) atoms. The van der Waals surface area contributed by atoms with Gasteiger partial charge in [-0.05, 0) is 36.0 Å². The highest BCUT2D eigenvalue weighted by Crippen LogP contribution is 2.66. The second-order valence-corrected chi connectivity index (χ2v) is 5.91. The molecule has 2 fully saturated rings. The summed E-state index contributed by atoms with van der Waals surface area (Å²) in [4.78, 5) is 11.8. The Labute approximate surface area is 87.3 Å². The predicted octanol–water partition coefficient (Wildman–Crippen LogP) is 3.28. The molecule has 2 aliphatic rings. The van der Waals surface area contributed by atoms with Gasteiger partial charge in [0.2, 0.25) is 0 Å². The molecule has 0 saturated heterocycles. The van der Waals surface area contributed by atoms with Crippen LogP contribution in [0.25, 0.3) is 0 Å². The lowest BCUT2D eigenvalue weighted by molar-refractivity contribution is -0.125. The molecule has 2 saturated carbocycles. The maximum Gasteiger partial charge on any atom is 0.135 e. The number of ketones is 1. The number of carbonyl (C=O) groups is 1. The van der Waals surface area contributed by atoms with E-state index < -0.39 is 0 Å². The third kappa shape index (κ3) is 1.32. The van der Waals surface area contributed by atoms with Crippen LogP contribution in [-0.4, -0.2) is 5.78 Å². The monoisotopic (exact) mass is 194 g/mol. The van der Waals surface area contributed by atoms with Gasteiger partial charge in [-0.1, -0.05) is 27.7 Å². The lowest BCUT2D eigenvalue weighted by Crippen LogP contribution is -2.25. The Morgan fingerprint density at radius 2 is 1.86 bits per heavy atom. The van der Waals surface area contributed by atoms with E-state index in [1.54, 1.807) is 0 Å². The zero-order valence-electron chi connectivity index (χ0n) is 9.84. The quantitative estimate of drug-likeness (QED) is 0.659. The Morgan fingerprint density at radius 1 is 1.29 bits per heavy atom. The van der Waals surface area contributed by atoms with Gasteiger partial charge in [0.05, 0.1) is 0 Å². The molecule has 2 aliphatic carbocycles. The van der Waals surface area contributed by atoms with Crippen LogP contribution in [-0.2, 0) is 4.79 Å². The van der Waals surface area contributed by atoms with E-state index in [4.69, 9.17) is 0 Å². The van der Waals surface area contributed by atoms with Gasteiger partial charge in [0.25, 0.3) is 0 Å². The van der Waals surface area contributed by atoms with Gasteiger partial charge in [0, 0.05) is 12.3 Å². The minimum absolute atomic E-state index is 0.378. The van der Waals surface area contributed by atoms with Gasteiger partial charge in [-0.25, -0.2) is 0 Å². The number of hydrogen-bond donors (Lipinski definition) is 0. The molecule has 0 heterocycles. The van der Waals surface area contributed by atoms with Crippen LogP contribution in [0.15, 0.2) is 0 Å². The molecular weight excluding hydrogens is 172 g/mol. The summed E-state index contributed by atoms with van der Waals surface area (Å²) in [5, 5.41) is 0. The number of fused-ring (bicyclic) bond motifs is 1. The Hall–Kier alpha value is -0.330. The Kier molecular flexibility index (Phi) is 2.24. The molecule has 0 aromatic rings. The van der Waals surface area contributed by atoms with Crippen molar-refractivity contribution in [2.45, 2.75) is 47.0 Å². The minimum atomic E-state index is 0.378. The van der Waals surface area contributed by atoms with Crippen molar-refractivity contribution in [3.63, 3.8) is 0 Å². The van der Waals surface area contributed by atoms with Gasteiger partial charge in [-0.2, -0.15) is 0 Å². The maximum atomic E-state index is 11.8. The van der Waals surface area contributed by atoms with E-state index in [0.29, 0.717) is 23.0 Å². The van der Waals surface area contributed by atoms with Crippen molar-refractivity contribution in [1.82, 2.24) is 0 Å². The van der Waals surface area contributed by atoms with Crippen molar-refractivity contribution in [2.75, 3.05) is 0 Å². The lowest BCUT2D eigenvalue weighted by Gasteiger charge is -2.26. The summed E-state index contributed by atoms with van der Waals surface area (Å²) in [5.41, 5.74) is 0.539. The molecule has 80 valence electrons. The molecule has 0 amide bonds. The first kappa shape index (κ1) is 10.2. The van der Waals surface area contributed by atoms with Crippen LogP contribution in [0.1, 0.15) is 47.0 Å². The van der Waals surface area contributed by atoms with Gasteiger partial charge in [-0.15, -0.1) is 0 Å². The third-order valence-electron chi connectivity index (χ3n) is 4.87. The second kappa shape index (κ2) is 3.08. The fourth-order valence-corrected chi connectivity index (χ4v) is 3.58. The summed E-state index contributed by atoms with van der Waals surface area (Å²) in [7, 11) is 0. The van der Waals surface area contributed by atoms with Crippen LogP contribution in [0.5, 0.6) is 0 Å². The number of hydrogen-bond acceptors (Lipinski definition) is 1. The highest BCUT2D eigenvalue weighted by molar-refractivity contribution is 5.81. The summed E-state index contributed by atoms with van der Waals surface area (Å²) < 4.78 is 0. The van der Waals surface area contributed by atoms with Crippen molar-refractivity contribution < 1.29 is 4.79 Å². The van der Waals surface area contributed by atoms with Crippen LogP contribution in [0, 0.1) is 29.1 Å². The van der Waals surface area contributed by atoms with Gasteiger partial charge < -0.3 is 0 Å². The fourth-order valence-electron chi connectivity index (χ4n) is 3.58. The zero-order valence-corrected chi connectivity index (χ0v) is 9.84. The van der Waals surface area contributed by atoms with Crippen LogP contribution in [0.3, 0.4) is 0 Å². The van der Waals surface area contributed by atoms with Gasteiger partial charge >= 0.3 is 0 Å². The van der Waals surface area contributed by atoms with Crippen molar-refractivity contribution in [3.05, 3.63) is 0 Å². The molecule has 0 aromatic heterocycles. The lowest BCUT2D eigenvalue weighted by atomic mass is 9.77. The van der Waals surface area contributed by atoms with E-state index >= 15 is 0 Å². The molecule has 0 radical (unpaired) electrons. The number of Topliss-reactive ketones (excluding diaryl/α,β-unsaturated/α-hetero) is 1. The van der Waals surface area contributed by atoms with Crippen molar-refractivity contribution in [3.8, 4) is 0 Å². The van der Waals surface area contributed by atoms with Gasteiger partial charge in [-0.3, -0.25) is 4.79 Å². The van der Waals surface area contributed by atoms with E-state index in [1.807, 2.05) is 6.92 Å². The van der Waals surface area contributed by atoms with Gasteiger partial charge in [0.15, 0.2) is 0 Å². The molecule has 0 aromatic carbocycles. The minimum Gasteiger partial charge on any atom is -0.299 e. The summed E-state index contributed by atoms with van der Waals surface area (Å²) >= 11 is 0. The molecule has 4 atom stereocenters. The van der Waals surface area contributed by atoms with Crippen molar-refractivity contribution in [1.29, 1.82) is 0 Å².